The molecule has 1 aromatic heterocycles. The minimum Gasteiger partial charge on any atom is -0.481 e. The number of benzene rings is 1. The first-order chi connectivity index (χ1) is 17.6. The van der Waals surface area contributed by atoms with Crippen molar-refractivity contribution in [1.29, 1.82) is 0 Å². The zero-order valence-corrected chi connectivity index (χ0v) is 22.9. The lowest BCUT2D eigenvalue weighted by atomic mass is 9.48. The Morgan fingerprint density at radius 3 is 2.16 bits per heavy atom. The van der Waals surface area contributed by atoms with Crippen molar-refractivity contribution in [1.82, 2.24) is 3.93 Å². The van der Waals surface area contributed by atoms with Crippen LogP contribution in [0.5, 0.6) is 0 Å². The third kappa shape index (κ3) is 4.58. The molecule has 5 atom stereocenters. The van der Waals surface area contributed by atoms with Gasteiger partial charge in [-0.05, 0) is 25.0 Å². The number of alkyl halides is 4. The Morgan fingerprint density at radius 1 is 1.13 bits per heavy atom. The smallest absolute Gasteiger partial charge is 0.418 e. The number of carboxylic acids is 2. The highest BCUT2D eigenvalue weighted by molar-refractivity contribution is 9.07. The molecule has 1 aliphatic heterocycles. The van der Waals surface area contributed by atoms with E-state index in [1.165, 1.54) is 18.4 Å². The Kier molecular flexibility index (Phi) is 8.51. The summed E-state index contributed by atoms with van der Waals surface area (Å²) in [5, 5.41) is 20.3. The van der Waals surface area contributed by atoms with Crippen LogP contribution >= 0.6 is 27.7 Å². The molecule has 2 heterocycles. The summed E-state index contributed by atoms with van der Waals surface area (Å²) in [6.07, 6.45) is -2.14. The summed E-state index contributed by atoms with van der Waals surface area (Å²) in [5.74, 6) is -8.22. The van der Waals surface area contributed by atoms with E-state index in [4.69, 9.17) is 11.6 Å². The van der Waals surface area contributed by atoms with E-state index in [0.29, 0.717) is 12.1 Å². The number of rotatable bonds is 7. The van der Waals surface area contributed by atoms with Crippen molar-refractivity contribution in [2.75, 3.05) is 6.67 Å². The molecule has 0 radical (unpaired) electrons. The molecule has 1 aliphatic rings. The summed E-state index contributed by atoms with van der Waals surface area (Å²) >= 11 is 9.11. The molecule has 0 amide bonds. The van der Waals surface area contributed by atoms with Crippen molar-refractivity contribution in [3.8, 4) is 0 Å². The second-order valence-electron chi connectivity index (χ2n) is 9.83. The highest BCUT2D eigenvalue weighted by Gasteiger charge is 2.72. The number of hydrogen-bond acceptors (Lipinski definition) is 3. The van der Waals surface area contributed by atoms with E-state index >= 15 is 4.39 Å². The van der Waals surface area contributed by atoms with E-state index in [2.05, 4.69) is 16.1 Å². The molecule has 13 heteroatoms. The summed E-state index contributed by atoms with van der Waals surface area (Å²) in [4.78, 5) is 26.2. The zero-order valence-electron chi connectivity index (χ0n) is 20.5. The van der Waals surface area contributed by atoms with Gasteiger partial charge in [-0.3, -0.25) is 9.59 Å². The average molecular weight is 629 g/mol. The number of pyridine rings is 1. The van der Waals surface area contributed by atoms with Crippen LogP contribution in [-0.2, 0) is 22.3 Å². The SMILES string of the molecule is CC(C)C1(C(=O)O)C(C[n+]2ccccc2)N(Br)C(CF)C(C)(C(=O)O)C1c1c(F)ccc(Cl)c1C(F)(F)F. The van der Waals surface area contributed by atoms with Crippen LogP contribution in [0.4, 0.5) is 22.0 Å². The van der Waals surface area contributed by atoms with Gasteiger partial charge in [-0.15, -0.1) is 0 Å². The van der Waals surface area contributed by atoms with Crippen LogP contribution in [0.3, 0.4) is 0 Å². The van der Waals surface area contributed by atoms with Gasteiger partial charge in [-0.2, -0.15) is 13.2 Å². The van der Waals surface area contributed by atoms with Gasteiger partial charge in [0, 0.05) is 39.8 Å². The first-order valence-electron chi connectivity index (χ1n) is 11.5. The Hall–Kier alpha value is -2.31. The Balaban J connectivity index is 2.58. The number of hydrogen-bond donors (Lipinski definition) is 2. The number of piperidine rings is 1. The van der Waals surface area contributed by atoms with Crippen LogP contribution in [0, 0.1) is 22.6 Å². The molecule has 208 valence electrons. The number of aliphatic carboxylic acids is 2. The van der Waals surface area contributed by atoms with Crippen LogP contribution in [0.15, 0.2) is 42.7 Å². The van der Waals surface area contributed by atoms with Crippen LogP contribution in [0.1, 0.15) is 37.8 Å². The van der Waals surface area contributed by atoms with Gasteiger partial charge in [0.05, 0.1) is 28.1 Å². The molecule has 5 unspecified atom stereocenters. The maximum atomic E-state index is 15.6. The Morgan fingerprint density at radius 2 is 1.71 bits per heavy atom. The Bertz CT molecular complexity index is 1220. The first-order valence-corrected chi connectivity index (χ1v) is 12.6. The molecular weight excluding hydrogens is 603 g/mol. The minimum absolute atomic E-state index is 0.206. The van der Waals surface area contributed by atoms with Gasteiger partial charge in [-0.1, -0.05) is 31.5 Å². The summed E-state index contributed by atoms with van der Waals surface area (Å²) in [7, 11) is 0. The third-order valence-corrected chi connectivity index (χ3v) is 9.03. The quantitative estimate of drug-likeness (QED) is 0.233. The molecule has 1 saturated heterocycles. The van der Waals surface area contributed by atoms with Crippen LogP contribution < -0.4 is 4.57 Å². The molecular formula is C25H26BrClF5N2O4+. The number of carboxylic acid groups (broad SMARTS) is 2. The predicted molar refractivity (Wildman–Crippen MR) is 131 cm³/mol. The molecule has 38 heavy (non-hydrogen) atoms. The zero-order chi connectivity index (χ0) is 28.8. The van der Waals surface area contributed by atoms with E-state index in [1.54, 1.807) is 30.6 Å². The third-order valence-electron chi connectivity index (χ3n) is 7.72. The molecule has 0 spiro atoms. The lowest BCUT2D eigenvalue weighted by molar-refractivity contribution is -0.703. The van der Waals surface area contributed by atoms with Gasteiger partial charge in [0.1, 0.15) is 17.9 Å². The van der Waals surface area contributed by atoms with E-state index in [9.17, 15) is 37.4 Å². The predicted octanol–water partition coefficient (Wildman–Crippen LogP) is 5.72. The van der Waals surface area contributed by atoms with Crippen LogP contribution in [-0.4, -0.2) is 44.8 Å². The molecule has 0 bridgehead atoms. The number of aromatic nitrogens is 1. The standard InChI is InChI=1S/C25H25BrClF5N2O4/c1-13(2)24(22(37)38)17(12-33-9-5-4-6-10-33)34(26)16(11-28)23(3,21(35)36)20(24)18-15(29)8-7-14(27)19(18)25(30,31)32/h4-10,13,16-17,20H,11-12H2,1-3H3,(H-,35,36,37,38)/p+1. The molecule has 1 aromatic carbocycles. The highest BCUT2D eigenvalue weighted by atomic mass is 79.9. The van der Waals surface area contributed by atoms with Crippen molar-refractivity contribution >= 4 is 39.7 Å². The van der Waals surface area contributed by atoms with Gasteiger partial charge in [-0.25, -0.2) is 17.3 Å². The van der Waals surface area contributed by atoms with Gasteiger partial charge in [0.2, 0.25) is 0 Å². The monoisotopic (exact) mass is 627 g/mol. The van der Waals surface area contributed by atoms with Crippen molar-refractivity contribution in [2.45, 2.75) is 51.5 Å². The minimum atomic E-state index is -5.28. The maximum Gasteiger partial charge on any atom is 0.418 e. The second-order valence-corrected chi connectivity index (χ2v) is 11.1. The molecule has 2 aromatic rings. The first kappa shape index (κ1) is 30.2. The molecule has 6 nitrogen and oxygen atoms in total. The Labute approximate surface area is 229 Å². The molecule has 1 fully saturated rings. The molecule has 0 aliphatic carbocycles. The van der Waals surface area contributed by atoms with E-state index in [-0.39, 0.29) is 6.54 Å². The summed E-state index contributed by atoms with van der Waals surface area (Å²) in [5.41, 5.74) is -7.86. The summed E-state index contributed by atoms with van der Waals surface area (Å²) in [6.45, 7) is 2.16. The number of carbonyl (C=O) groups is 2. The topological polar surface area (TPSA) is 81.7 Å². The average Bonchev–Trinajstić information content (AvgIpc) is 2.81. The fraction of sp³-hybridized carbons (Fsp3) is 0.480. The van der Waals surface area contributed by atoms with Gasteiger partial charge in [0.15, 0.2) is 18.9 Å². The van der Waals surface area contributed by atoms with Crippen LogP contribution in [0.2, 0.25) is 5.02 Å². The largest absolute Gasteiger partial charge is 0.481 e. The van der Waals surface area contributed by atoms with Crippen molar-refractivity contribution in [3.05, 3.63) is 64.7 Å². The summed E-state index contributed by atoms with van der Waals surface area (Å²) < 4.78 is 76.2. The number of halogens is 7. The van der Waals surface area contributed by atoms with Crippen molar-refractivity contribution < 1.29 is 46.3 Å². The van der Waals surface area contributed by atoms with E-state index in [1.807, 2.05) is 0 Å². The normalized spacial score (nSPS) is 28.4. The molecule has 0 saturated carbocycles. The number of nitrogens with zero attached hydrogens (tertiary/aromatic N) is 2. The fourth-order valence-corrected chi connectivity index (χ4v) is 7.22. The van der Waals surface area contributed by atoms with Gasteiger partial charge in [0.25, 0.3) is 0 Å². The highest BCUT2D eigenvalue weighted by Crippen LogP contribution is 2.64. The van der Waals surface area contributed by atoms with E-state index in [0.717, 1.165) is 10.8 Å². The van der Waals surface area contributed by atoms with Gasteiger partial charge >= 0.3 is 18.1 Å². The second kappa shape index (κ2) is 10.7. The van der Waals surface area contributed by atoms with Gasteiger partial charge < -0.3 is 10.2 Å². The van der Waals surface area contributed by atoms with E-state index < -0.39 is 81.5 Å². The maximum absolute atomic E-state index is 15.6. The van der Waals surface area contributed by atoms with Crippen LogP contribution in [0.25, 0.3) is 0 Å². The molecule has 2 N–H and O–H groups in total. The fourth-order valence-electron chi connectivity index (χ4n) is 5.94. The lowest BCUT2D eigenvalue weighted by Crippen LogP contribution is -2.73. The molecule has 3 rings (SSSR count). The lowest BCUT2D eigenvalue weighted by Gasteiger charge is -2.60. The van der Waals surface area contributed by atoms with Crippen molar-refractivity contribution in [2.24, 2.45) is 16.7 Å². The van der Waals surface area contributed by atoms with Crippen molar-refractivity contribution in [3.63, 3.8) is 0 Å². The summed E-state index contributed by atoms with van der Waals surface area (Å²) in [6, 6.07) is 3.21.